The second-order valence-electron chi connectivity index (χ2n) is 4.09. The molecule has 0 saturated carbocycles. The number of hydrogen-bond acceptors (Lipinski definition) is 3. The molecule has 6 heteroatoms. The first-order chi connectivity index (χ1) is 8.00. The van der Waals surface area contributed by atoms with Crippen molar-refractivity contribution in [2.75, 3.05) is 17.2 Å². The van der Waals surface area contributed by atoms with E-state index in [9.17, 15) is 13.6 Å². The molecule has 1 aromatic carbocycles. The van der Waals surface area contributed by atoms with Crippen molar-refractivity contribution in [2.45, 2.75) is 18.9 Å². The van der Waals surface area contributed by atoms with Gasteiger partial charge in [0.2, 0.25) is 5.91 Å². The second kappa shape index (κ2) is 4.20. The molecule has 4 nitrogen and oxygen atoms in total. The van der Waals surface area contributed by atoms with E-state index in [1.54, 1.807) is 0 Å². The van der Waals surface area contributed by atoms with Gasteiger partial charge in [-0.25, -0.2) is 8.78 Å². The Morgan fingerprint density at radius 1 is 1.35 bits per heavy atom. The van der Waals surface area contributed by atoms with Crippen LogP contribution in [0.25, 0.3) is 0 Å². The fraction of sp³-hybridized carbons (Fsp3) is 0.364. The maximum Gasteiger partial charge on any atom is 0.240 e. The van der Waals surface area contributed by atoms with Crippen molar-refractivity contribution in [1.82, 2.24) is 0 Å². The monoisotopic (exact) mass is 241 g/mol. The minimum absolute atomic E-state index is 0.0126. The predicted octanol–water partition coefficient (Wildman–Crippen LogP) is 1.00. The van der Waals surface area contributed by atoms with Crippen molar-refractivity contribution in [3.05, 3.63) is 23.8 Å². The van der Waals surface area contributed by atoms with Crippen LogP contribution >= 0.6 is 0 Å². The molecule has 2 rings (SSSR count). The lowest BCUT2D eigenvalue weighted by Crippen LogP contribution is -2.41. The van der Waals surface area contributed by atoms with Gasteiger partial charge in [-0.2, -0.15) is 0 Å². The summed E-state index contributed by atoms with van der Waals surface area (Å²) >= 11 is 0. The third-order valence-electron chi connectivity index (χ3n) is 2.91. The number of hydrogen-bond donors (Lipinski definition) is 2. The van der Waals surface area contributed by atoms with Crippen LogP contribution in [0.1, 0.15) is 12.8 Å². The maximum atomic E-state index is 13.7. The second-order valence-corrected chi connectivity index (χ2v) is 4.09. The molecular formula is C11H13F2N3O. The van der Waals surface area contributed by atoms with E-state index in [0.29, 0.717) is 19.4 Å². The molecule has 0 aromatic heterocycles. The van der Waals surface area contributed by atoms with Gasteiger partial charge >= 0.3 is 0 Å². The number of amides is 1. The van der Waals surface area contributed by atoms with Gasteiger partial charge < -0.3 is 16.4 Å². The lowest BCUT2D eigenvalue weighted by molar-refractivity contribution is -0.119. The Bertz CT molecular complexity index is 441. The zero-order valence-corrected chi connectivity index (χ0v) is 9.12. The van der Waals surface area contributed by atoms with Crippen molar-refractivity contribution in [3.8, 4) is 0 Å². The van der Waals surface area contributed by atoms with E-state index in [1.165, 1.54) is 4.90 Å². The van der Waals surface area contributed by atoms with Gasteiger partial charge in [-0.3, -0.25) is 4.79 Å². The third kappa shape index (κ3) is 2.02. The number of carbonyl (C=O) groups is 1. The van der Waals surface area contributed by atoms with Crippen LogP contribution in [-0.2, 0) is 4.79 Å². The van der Waals surface area contributed by atoms with Crippen molar-refractivity contribution in [1.29, 1.82) is 0 Å². The maximum absolute atomic E-state index is 13.7. The molecule has 0 aliphatic carbocycles. The topological polar surface area (TPSA) is 72.4 Å². The largest absolute Gasteiger partial charge is 0.399 e. The molecule has 1 aliphatic heterocycles. The van der Waals surface area contributed by atoms with Crippen molar-refractivity contribution >= 4 is 17.3 Å². The summed E-state index contributed by atoms with van der Waals surface area (Å²) in [5, 5.41) is 0. The number of primary amides is 1. The Morgan fingerprint density at radius 3 is 2.47 bits per heavy atom. The standard InChI is InChI=1S/C11H13F2N3O/c12-7-4-6(14)5-8(13)10(7)16-3-1-2-9(16)11(15)17/h4-5,9H,1-3,14H2,(H2,15,17). The SMILES string of the molecule is NC(=O)C1CCCN1c1c(F)cc(N)cc1F. The molecule has 0 spiro atoms. The van der Waals surface area contributed by atoms with E-state index in [0.717, 1.165) is 12.1 Å². The highest BCUT2D eigenvalue weighted by molar-refractivity contribution is 5.84. The number of anilines is 2. The molecule has 0 bridgehead atoms. The molecular weight excluding hydrogens is 228 g/mol. The molecule has 1 aliphatic rings. The summed E-state index contributed by atoms with van der Waals surface area (Å²) in [5.41, 5.74) is 10.3. The van der Waals surface area contributed by atoms with E-state index in [2.05, 4.69) is 0 Å². The summed E-state index contributed by atoms with van der Waals surface area (Å²) < 4.78 is 27.4. The van der Waals surface area contributed by atoms with Gasteiger partial charge in [0, 0.05) is 12.2 Å². The summed E-state index contributed by atoms with van der Waals surface area (Å²) in [7, 11) is 0. The van der Waals surface area contributed by atoms with Gasteiger partial charge in [0.15, 0.2) is 11.6 Å². The first-order valence-electron chi connectivity index (χ1n) is 5.31. The van der Waals surface area contributed by atoms with Crippen molar-refractivity contribution in [3.63, 3.8) is 0 Å². The number of benzene rings is 1. The lowest BCUT2D eigenvalue weighted by atomic mass is 10.2. The van der Waals surface area contributed by atoms with E-state index in [4.69, 9.17) is 11.5 Å². The molecule has 1 heterocycles. The zero-order chi connectivity index (χ0) is 12.6. The lowest BCUT2D eigenvalue weighted by Gasteiger charge is -2.25. The Kier molecular flexibility index (Phi) is 2.87. The van der Waals surface area contributed by atoms with Crippen LogP contribution in [0.15, 0.2) is 12.1 Å². The fourth-order valence-corrected chi connectivity index (χ4v) is 2.19. The number of nitrogens with two attached hydrogens (primary N) is 2. The molecule has 1 fully saturated rings. The summed E-state index contributed by atoms with van der Waals surface area (Å²) in [4.78, 5) is 12.6. The molecule has 1 aromatic rings. The number of rotatable bonds is 2. The molecule has 17 heavy (non-hydrogen) atoms. The molecule has 1 atom stereocenters. The van der Waals surface area contributed by atoms with Gasteiger partial charge in [-0.05, 0) is 25.0 Å². The molecule has 1 amide bonds. The van der Waals surface area contributed by atoms with Crippen LogP contribution in [0.3, 0.4) is 0 Å². The minimum Gasteiger partial charge on any atom is -0.399 e. The van der Waals surface area contributed by atoms with Crippen LogP contribution in [0.5, 0.6) is 0 Å². The summed E-state index contributed by atoms with van der Waals surface area (Å²) in [6.07, 6.45) is 1.19. The van der Waals surface area contributed by atoms with Crippen LogP contribution in [0, 0.1) is 11.6 Å². The first-order valence-corrected chi connectivity index (χ1v) is 5.31. The Hall–Kier alpha value is -1.85. The minimum atomic E-state index is -0.768. The quantitative estimate of drug-likeness (QED) is 0.759. The van der Waals surface area contributed by atoms with Gasteiger partial charge in [-0.1, -0.05) is 0 Å². The average Bonchev–Trinajstić information content (AvgIpc) is 2.64. The Labute approximate surface area is 97.2 Å². The molecule has 0 radical (unpaired) electrons. The Balaban J connectivity index is 2.43. The third-order valence-corrected chi connectivity index (χ3v) is 2.91. The smallest absolute Gasteiger partial charge is 0.240 e. The highest BCUT2D eigenvalue weighted by atomic mass is 19.1. The van der Waals surface area contributed by atoms with Crippen LogP contribution in [0.2, 0.25) is 0 Å². The van der Waals surface area contributed by atoms with Gasteiger partial charge in [0.1, 0.15) is 11.7 Å². The van der Waals surface area contributed by atoms with Crippen molar-refractivity contribution < 1.29 is 13.6 Å². The molecule has 1 saturated heterocycles. The molecule has 1 unspecified atom stereocenters. The summed E-state index contributed by atoms with van der Waals surface area (Å²) in [5.74, 6) is -2.11. The van der Waals surface area contributed by atoms with Crippen molar-refractivity contribution in [2.24, 2.45) is 5.73 Å². The number of halogens is 2. The number of nitrogen functional groups attached to an aromatic ring is 1. The highest BCUT2D eigenvalue weighted by Gasteiger charge is 2.32. The van der Waals surface area contributed by atoms with E-state index < -0.39 is 23.6 Å². The average molecular weight is 241 g/mol. The van der Waals surface area contributed by atoms with E-state index in [-0.39, 0.29) is 11.4 Å². The van der Waals surface area contributed by atoms with E-state index >= 15 is 0 Å². The highest BCUT2D eigenvalue weighted by Crippen LogP contribution is 2.31. The molecule has 4 N–H and O–H groups in total. The summed E-state index contributed by atoms with van der Waals surface area (Å²) in [6, 6.07) is 1.42. The fourth-order valence-electron chi connectivity index (χ4n) is 2.19. The van der Waals surface area contributed by atoms with Gasteiger partial charge in [0.05, 0.1) is 0 Å². The van der Waals surface area contributed by atoms with Crippen LogP contribution < -0.4 is 16.4 Å². The number of carbonyl (C=O) groups excluding carboxylic acids is 1. The summed E-state index contributed by atoms with van der Waals surface area (Å²) in [6.45, 7) is 0.408. The van der Waals surface area contributed by atoms with Crippen LogP contribution in [-0.4, -0.2) is 18.5 Å². The first kappa shape index (κ1) is 11.6. The van der Waals surface area contributed by atoms with Crippen LogP contribution in [0.4, 0.5) is 20.2 Å². The Morgan fingerprint density at radius 2 is 1.94 bits per heavy atom. The predicted molar refractivity (Wildman–Crippen MR) is 60.3 cm³/mol. The van der Waals surface area contributed by atoms with Gasteiger partial charge in [-0.15, -0.1) is 0 Å². The van der Waals surface area contributed by atoms with Gasteiger partial charge in [0.25, 0.3) is 0 Å². The number of nitrogens with zero attached hydrogens (tertiary/aromatic N) is 1. The van der Waals surface area contributed by atoms with E-state index in [1.807, 2.05) is 0 Å². The molecule has 92 valence electrons. The normalized spacial score (nSPS) is 19.6. The zero-order valence-electron chi connectivity index (χ0n) is 9.12.